The Balaban J connectivity index is 1.88. The molecule has 138 valence electrons. The molecule has 0 aromatic heterocycles. The predicted octanol–water partition coefficient (Wildman–Crippen LogP) is 6.52. The standard InChI is InChI=1S/C21H22F3NO/c1-14-10-17(21(22,23)24)12-18(11-14)25-13-16-8-5-9-19(20(16)26)15-6-3-2-4-7-15/h5,8-13,15,26H,2-4,6-7H2,1H3. The quantitative estimate of drug-likeness (QED) is 0.620. The summed E-state index contributed by atoms with van der Waals surface area (Å²) in [6.45, 7) is 1.61. The van der Waals surface area contributed by atoms with E-state index < -0.39 is 11.7 Å². The van der Waals surface area contributed by atoms with Crippen LogP contribution in [0.3, 0.4) is 0 Å². The molecule has 0 bridgehead atoms. The maximum absolute atomic E-state index is 12.9. The van der Waals surface area contributed by atoms with Gasteiger partial charge in [0.05, 0.1) is 11.3 Å². The fraction of sp³-hybridized carbons (Fsp3) is 0.381. The van der Waals surface area contributed by atoms with Gasteiger partial charge < -0.3 is 5.11 Å². The Morgan fingerprint density at radius 3 is 2.50 bits per heavy atom. The molecular weight excluding hydrogens is 339 g/mol. The van der Waals surface area contributed by atoms with Crippen molar-refractivity contribution in [1.82, 2.24) is 0 Å². The van der Waals surface area contributed by atoms with E-state index in [1.165, 1.54) is 12.6 Å². The van der Waals surface area contributed by atoms with Gasteiger partial charge in [-0.2, -0.15) is 13.2 Å². The van der Waals surface area contributed by atoms with Crippen molar-refractivity contribution in [3.8, 4) is 5.75 Å². The number of hydrogen-bond donors (Lipinski definition) is 1. The number of halogens is 3. The molecule has 0 heterocycles. The SMILES string of the molecule is Cc1cc(N=Cc2cccc(C3CCCCC3)c2O)cc(C(F)(F)F)c1. The van der Waals surface area contributed by atoms with Gasteiger partial charge in [0, 0.05) is 11.8 Å². The van der Waals surface area contributed by atoms with Crippen LogP contribution in [0.4, 0.5) is 18.9 Å². The summed E-state index contributed by atoms with van der Waals surface area (Å²) in [5.41, 5.74) is 1.44. The van der Waals surface area contributed by atoms with Crippen molar-refractivity contribution in [2.24, 2.45) is 4.99 Å². The normalized spacial score (nSPS) is 16.3. The van der Waals surface area contributed by atoms with Crippen LogP contribution in [0.15, 0.2) is 41.4 Å². The van der Waals surface area contributed by atoms with E-state index in [0.29, 0.717) is 17.0 Å². The van der Waals surface area contributed by atoms with Crippen LogP contribution in [0.25, 0.3) is 0 Å². The molecule has 0 spiro atoms. The van der Waals surface area contributed by atoms with Gasteiger partial charge in [0.1, 0.15) is 5.75 Å². The molecule has 3 rings (SSSR count). The second-order valence-corrected chi connectivity index (χ2v) is 6.93. The molecule has 1 aliphatic rings. The van der Waals surface area contributed by atoms with E-state index >= 15 is 0 Å². The number of phenols is 1. The summed E-state index contributed by atoms with van der Waals surface area (Å²) in [6.07, 6.45) is 2.70. The summed E-state index contributed by atoms with van der Waals surface area (Å²) in [6, 6.07) is 9.23. The van der Waals surface area contributed by atoms with E-state index in [1.54, 1.807) is 19.1 Å². The van der Waals surface area contributed by atoms with Gasteiger partial charge in [-0.15, -0.1) is 0 Å². The molecule has 2 nitrogen and oxygen atoms in total. The Hall–Kier alpha value is -2.30. The molecule has 1 N–H and O–H groups in total. The zero-order valence-electron chi connectivity index (χ0n) is 14.7. The van der Waals surface area contributed by atoms with Crippen LogP contribution in [0.2, 0.25) is 0 Å². The fourth-order valence-electron chi connectivity index (χ4n) is 3.57. The average molecular weight is 361 g/mol. The van der Waals surface area contributed by atoms with Crippen molar-refractivity contribution in [2.45, 2.75) is 51.1 Å². The summed E-state index contributed by atoms with van der Waals surface area (Å²) >= 11 is 0. The first-order valence-corrected chi connectivity index (χ1v) is 8.89. The lowest BCUT2D eigenvalue weighted by Gasteiger charge is -2.23. The summed E-state index contributed by atoms with van der Waals surface area (Å²) < 4.78 is 38.8. The van der Waals surface area contributed by atoms with Gasteiger partial charge in [-0.1, -0.05) is 31.4 Å². The Morgan fingerprint density at radius 2 is 1.81 bits per heavy atom. The minimum Gasteiger partial charge on any atom is -0.507 e. The lowest BCUT2D eigenvalue weighted by atomic mass is 9.83. The Bertz CT molecular complexity index is 805. The van der Waals surface area contributed by atoms with Gasteiger partial charge in [0.15, 0.2) is 0 Å². The number of phenolic OH excluding ortho intramolecular Hbond substituents is 1. The van der Waals surface area contributed by atoms with Crippen LogP contribution in [0, 0.1) is 6.92 Å². The summed E-state index contributed by atoms with van der Waals surface area (Å²) in [4.78, 5) is 4.17. The molecule has 1 fully saturated rings. The molecule has 0 saturated heterocycles. The Kier molecular flexibility index (Phi) is 5.35. The van der Waals surface area contributed by atoms with Crippen molar-refractivity contribution in [3.05, 3.63) is 58.7 Å². The Morgan fingerprint density at radius 1 is 1.08 bits per heavy atom. The van der Waals surface area contributed by atoms with Crippen LogP contribution >= 0.6 is 0 Å². The lowest BCUT2D eigenvalue weighted by molar-refractivity contribution is -0.137. The number of benzene rings is 2. The van der Waals surface area contributed by atoms with Crippen molar-refractivity contribution in [1.29, 1.82) is 0 Å². The highest BCUT2D eigenvalue weighted by molar-refractivity contribution is 5.86. The first kappa shape index (κ1) is 18.5. The number of nitrogens with zero attached hydrogens (tertiary/aromatic N) is 1. The summed E-state index contributed by atoms with van der Waals surface area (Å²) in [7, 11) is 0. The number of para-hydroxylation sites is 1. The molecule has 0 aliphatic heterocycles. The molecule has 0 amide bonds. The van der Waals surface area contributed by atoms with E-state index in [2.05, 4.69) is 4.99 Å². The third-order valence-corrected chi connectivity index (χ3v) is 4.89. The first-order valence-electron chi connectivity index (χ1n) is 8.89. The minimum absolute atomic E-state index is 0.187. The number of alkyl halides is 3. The molecule has 0 radical (unpaired) electrons. The first-order chi connectivity index (χ1) is 12.3. The maximum Gasteiger partial charge on any atom is 0.416 e. The van der Waals surface area contributed by atoms with E-state index in [4.69, 9.17) is 0 Å². The van der Waals surface area contributed by atoms with Crippen LogP contribution in [-0.2, 0) is 6.18 Å². The predicted molar refractivity (Wildman–Crippen MR) is 97.4 cm³/mol. The molecule has 5 heteroatoms. The highest BCUT2D eigenvalue weighted by Gasteiger charge is 2.30. The molecule has 2 aromatic rings. The lowest BCUT2D eigenvalue weighted by Crippen LogP contribution is -2.05. The number of hydrogen-bond acceptors (Lipinski definition) is 2. The van der Waals surface area contributed by atoms with Crippen molar-refractivity contribution in [2.75, 3.05) is 0 Å². The molecule has 0 unspecified atom stereocenters. The van der Waals surface area contributed by atoms with E-state index in [-0.39, 0.29) is 11.4 Å². The van der Waals surface area contributed by atoms with Gasteiger partial charge in [0.2, 0.25) is 0 Å². The van der Waals surface area contributed by atoms with Gasteiger partial charge in [0.25, 0.3) is 0 Å². The number of aryl methyl sites for hydroxylation is 1. The molecule has 1 aliphatic carbocycles. The van der Waals surface area contributed by atoms with Crippen LogP contribution < -0.4 is 0 Å². The van der Waals surface area contributed by atoms with Crippen molar-refractivity contribution < 1.29 is 18.3 Å². The van der Waals surface area contributed by atoms with E-state index in [9.17, 15) is 18.3 Å². The number of rotatable bonds is 3. The van der Waals surface area contributed by atoms with E-state index in [0.717, 1.165) is 43.4 Å². The third-order valence-electron chi connectivity index (χ3n) is 4.89. The molecular formula is C21H22F3NO. The topological polar surface area (TPSA) is 32.6 Å². The maximum atomic E-state index is 12.9. The van der Waals surface area contributed by atoms with Gasteiger partial charge in [-0.3, -0.25) is 4.99 Å². The van der Waals surface area contributed by atoms with E-state index in [1.807, 2.05) is 12.1 Å². The number of aliphatic imine (C=N–C) groups is 1. The highest BCUT2D eigenvalue weighted by atomic mass is 19.4. The average Bonchev–Trinajstić information content (AvgIpc) is 2.60. The fourth-order valence-corrected chi connectivity index (χ4v) is 3.57. The zero-order valence-corrected chi connectivity index (χ0v) is 14.7. The molecule has 26 heavy (non-hydrogen) atoms. The summed E-state index contributed by atoms with van der Waals surface area (Å²) in [5.74, 6) is 0.528. The largest absolute Gasteiger partial charge is 0.507 e. The van der Waals surface area contributed by atoms with Crippen LogP contribution in [0.1, 0.15) is 60.3 Å². The van der Waals surface area contributed by atoms with Gasteiger partial charge >= 0.3 is 6.18 Å². The minimum atomic E-state index is -4.40. The zero-order chi connectivity index (χ0) is 18.7. The second-order valence-electron chi connectivity index (χ2n) is 6.93. The number of aromatic hydroxyl groups is 1. The van der Waals surface area contributed by atoms with Gasteiger partial charge in [-0.05, 0) is 61.1 Å². The third kappa shape index (κ3) is 4.26. The van der Waals surface area contributed by atoms with Gasteiger partial charge in [-0.25, -0.2) is 0 Å². The Labute approximate surface area is 151 Å². The van der Waals surface area contributed by atoms with Crippen LogP contribution in [0.5, 0.6) is 5.75 Å². The van der Waals surface area contributed by atoms with Crippen LogP contribution in [-0.4, -0.2) is 11.3 Å². The molecule has 2 aromatic carbocycles. The second kappa shape index (κ2) is 7.52. The van der Waals surface area contributed by atoms with Crippen molar-refractivity contribution in [3.63, 3.8) is 0 Å². The highest BCUT2D eigenvalue weighted by Crippen LogP contribution is 2.38. The smallest absolute Gasteiger partial charge is 0.416 e. The summed E-state index contributed by atoms with van der Waals surface area (Å²) in [5, 5.41) is 10.6. The monoisotopic (exact) mass is 361 g/mol. The van der Waals surface area contributed by atoms with Crippen molar-refractivity contribution >= 4 is 11.9 Å². The molecule has 1 saturated carbocycles. The molecule has 0 atom stereocenters.